The van der Waals surface area contributed by atoms with Crippen molar-refractivity contribution >= 4 is 15.9 Å². The van der Waals surface area contributed by atoms with Gasteiger partial charge in [-0.05, 0) is 30.1 Å². The molecule has 0 aliphatic heterocycles. The highest BCUT2D eigenvalue weighted by Gasteiger charge is 2.50. The van der Waals surface area contributed by atoms with E-state index < -0.39 is 0 Å². The number of allylic oxidation sites excluding steroid dienone is 4. The van der Waals surface area contributed by atoms with Gasteiger partial charge >= 0.3 is 0 Å². The summed E-state index contributed by atoms with van der Waals surface area (Å²) in [4.78, 5) is 0.752. The molecule has 1 heteroatoms. The number of rotatable bonds is 0. The molecule has 11 heavy (non-hydrogen) atoms. The fourth-order valence-electron chi connectivity index (χ4n) is 2.97. The van der Waals surface area contributed by atoms with Crippen LogP contribution in [0.5, 0.6) is 0 Å². The monoisotopic (exact) mass is 210 g/mol. The summed E-state index contributed by atoms with van der Waals surface area (Å²) in [5, 5.41) is 0. The first-order valence-corrected chi connectivity index (χ1v) is 5.28. The highest BCUT2D eigenvalue weighted by molar-refractivity contribution is 9.09. The highest BCUT2D eigenvalue weighted by atomic mass is 79.9. The molecule has 5 unspecified atom stereocenters. The molecule has 0 spiro atoms. The molecule has 0 aromatic heterocycles. The molecule has 0 N–H and O–H groups in total. The Morgan fingerprint density at radius 1 is 1.00 bits per heavy atom. The Bertz CT molecular complexity index is 241. The van der Waals surface area contributed by atoms with Crippen LogP contribution in [0.15, 0.2) is 24.3 Å². The Hall–Kier alpha value is -0.0400. The van der Waals surface area contributed by atoms with Gasteiger partial charge in [0, 0.05) is 4.83 Å². The van der Waals surface area contributed by atoms with Crippen LogP contribution in [0, 0.1) is 23.7 Å². The predicted molar refractivity (Wildman–Crippen MR) is 49.6 cm³/mol. The second kappa shape index (κ2) is 2.01. The summed E-state index contributed by atoms with van der Waals surface area (Å²) >= 11 is 3.79. The zero-order valence-electron chi connectivity index (χ0n) is 6.28. The summed E-state index contributed by atoms with van der Waals surface area (Å²) in [6.07, 6.45) is 10.9. The minimum absolute atomic E-state index is 0.752. The van der Waals surface area contributed by atoms with E-state index in [1.165, 1.54) is 6.42 Å². The maximum absolute atomic E-state index is 3.79. The number of alkyl halides is 1. The third-order valence-electron chi connectivity index (χ3n) is 3.49. The van der Waals surface area contributed by atoms with Crippen molar-refractivity contribution in [2.45, 2.75) is 11.2 Å². The molecule has 2 bridgehead atoms. The normalized spacial score (nSPS) is 57.4. The Labute approximate surface area is 75.5 Å². The average molecular weight is 211 g/mol. The third-order valence-corrected chi connectivity index (χ3v) is 4.71. The van der Waals surface area contributed by atoms with Crippen molar-refractivity contribution in [2.75, 3.05) is 0 Å². The lowest BCUT2D eigenvalue weighted by molar-refractivity contribution is 0.398. The molecule has 0 amide bonds. The molecule has 1 fully saturated rings. The van der Waals surface area contributed by atoms with Crippen LogP contribution in [-0.2, 0) is 0 Å². The molecule has 0 heterocycles. The van der Waals surface area contributed by atoms with Crippen LogP contribution in [0.1, 0.15) is 6.42 Å². The summed E-state index contributed by atoms with van der Waals surface area (Å²) in [6.45, 7) is 0. The van der Waals surface area contributed by atoms with Gasteiger partial charge in [0.15, 0.2) is 0 Å². The van der Waals surface area contributed by atoms with Crippen molar-refractivity contribution < 1.29 is 0 Å². The minimum atomic E-state index is 0.752. The van der Waals surface area contributed by atoms with Crippen LogP contribution in [0.4, 0.5) is 0 Å². The van der Waals surface area contributed by atoms with Gasteiger partial charge in [0.05, 0.1) is 0 Å². The van der Waals surface area contributed by atoms with Crippen LogP contribution < -0.4 is 0 Å². The highest BCUT2D eigenvalue weighted by Crippen LogP contribution is 2.55. The number of fused-ring (bicyclic) bond motifs is 5. The topological polar surface area (TPSA) is 0 Å². The zero-order valence-corrected chi connectivity index (χ0v) is 7.87. The molecule has 0 aromatic rings. The van der Waals surface area contributed by atoms with E-state index in [2.05, 4.69) is 40.2 Å². The maximum Gasteiger partial charge on any atom is 0.0280 e. The molecule has 0 saturated heterocycles. The molecule has 0 radical (unpaired) electrons. The predicted octanol–water partition coefficient (Wildman–Crippen LogP) is 2.76. The van der Waals surface area contributed by atoms with E-state index in [0.717, 1.165) is 28.5 Å². The van der Waals surface area contributed by atoms with Gasteiger partial charge in [-0.15, -0.1) is 0 Å². The van der Waals surface area contributed by atoms with Gasteiger partial charge in [-0.2, -0.15) is 0 Å². The molecule has 5 atom stereocenters. The number of hydrogen-bond donors (Lipinski definition) is 0. The Morgan fingerprint density at radius 2 is 1.82 bits per heavy atom. The van der Waals surface area contributed by atoms with E-state index >= 15 is 0 Å². The van der Waals surface area contributed by atoms with Crippen LogP contribution in [0.25, 0.3) is 0 Å². The largest absolute Gasteiger partial charge is 0.0879 e. The van der Waals surface area contributed by atoms with E-state index in [1.807, 2.05) is 0 Å². The third kappa shape index (κ3) is 0.658. The molecule has 58 valence electrons. The quantitative estimate of drug-likeness (QED) is 0.427. The first kappa shape index (κ1) is 6.47. The van der Waals surface area contributed by atoms with Crippen molar-refractivity contribution in [3.05, 3.63) is 24.3 Å². The smallest absolute Gasteiger partial charge is 0.0280 e. The lowest BCUT2D eigenvalue weighted by atomic mass is 9.86. The van der Waals surface area contributed by atoms with E-state index in [-0.39, 0.29) is 0 Å². The zero-order chi connectivity index (χ0) is 7.42. The fraction of sp³-hybridized carbons (Fsp3) is 0.600. The first-order valence-electron chi connectivity index (χ1n) is 4.37. The SMILES string of the molecule is BrC1C2C=CC1C1CC=CC21. The fourth-order valence-corrected chi connectivity index (χ4v) is 4.06. The summed E-state index contributed by atoms with van der Waals surface area (Å²) in [5.74, 6) is 3.45. The van der Waals surface area contributed by atoms with Gasteiger partial charge in [-0.3, -0.25) is 0 Å². The lowest BCUT2D eigenvalue weighted by Crippen LogP contribution is -2.12. The molecular formula is C10H11Br. The molecular weight excluding hydrogens is 200 g/mol. The van der Waals surface area contributed by atoms with Crippen molar-refractivity contribution in [1.82, 2.24) is 0 Å². The van der Waals surface area contributed by atoms with Gasteiger partial charge < -0.3 is 0 Å². The van der Waals surface area contributed by atoms with Crippen LogP contribution in [-0.4, -0.2) is 4.83 Å². The van der Waals surface area contributed by atoms with Gasteiger partial charge in [0.2, 0.25) is 0 Å². The van der Waals surface area contributed by atoms with E-state index in [0.29, 0.717) is 0 Å². The number of hydrogen-bond acceptors (Lipinski definition) is 0. The van der Waals surface area contributed by atoms with Crippen molar-refractivity contribution in [2.24, 2.45) is 23.7 Å². The van der Waals surface area contributed by atoms with E-state index in [4.69, 9.17) is 0 Å². The molecule has 0 aromatic carbocycles. The van der Waals surface area contributed by atoms with Crippen molar-refractivity contribution in [3.8, 4) is 0 Å². The minimum Gasteiger partial charge on any atom is -0.0879 e. The second-order valence-corrected chi connectivity index (χ2v) is 4.95. The van der Waals surface area contributed by atoms with Gasteiger partial charge in [-0.25, -0.2) is 0 Å². The lowest BCUT2D eigenvalue weighted by Gasteiger charge is -2.18. The molecule has 1 saturated carbocycles. The average Bonchev–Trinajstić information content (AvgIpc) is 2.61. The molecule has 3 rings (SSSR count). The van der Waals surface area contributed by atoms with Crippen molar-refractivity contribution in [1.29, 1.82) is 0 Å². The van der Waals surface area contributed by atoms with Crippen molar-refractivity contribution in [3.63, 3.8) is 0 Å². The first-order chi connectivity index (χ1) is 5.38. The van der Waals surface area contributed by atoms with Crippen LogP contribution in [0.3, 0.4) is 0 Å². The Morgan fingerprint density at radius 3 is 2.64 bits per heavy atom. The van der Waals surface area contributed by atoms with Crippen LogP contribution in [0.2, 0.25) is 0 Å². The number of halogens is 1. The molecule has 0 nitrogen and oxygen atoms in total. The van der Waals surface area contributed by atoms with Gasteiger partial charge in [0.25, 0.3) is 0 Å². The summed E-state index contributed by atoms with van der Waals surface area (Å²) in [6, 6.07) is 0. The Balaban J connectivity index is 2.04. The van der Waals surface area contributed by atoms with E-state index in [1.54, 1.807) is 0 Å². The Kier molecular flexibility index (Phi) is 1.18. The molecule has 3 aliphatic carbocycles. The van der Waals surface area contributed by atoms with Gasteiger partial charge in [0.1, 0.15) is 0 Å². The van der Waals surface area contributed by atoms with Gasteiger partial charge in [-0.1, -0.05) is 40.2 Å². The second-order valence-electron chi connectivity index (χ2n) is 3.89. The standard InChI is InChI=1S/C10H11Br/c11-10-8-4-5-9(10)7-3-1-2-6(7)8/h1-2,4-10H,3H2. The van der Waals surface area contributed by atoms with E-state index in [9.17, 15) is 0 Å². The van der Waals surface area contributed by atoms with Crippen LogP contribution >= 0.6 is 15.9 Å². The molecule has 3 aliphatic rings. The summed E-state index contributed by atoms with van der Waals surface area (Å²) < 4.78 is 0. The summed E-state index contributed by atoms with van der Waals surface area (Å²) in [5.41, 5.74) is 0. The summed E-state index contributed by atoms with van der Waals surface area (Å²) in [7, 11) is 0. The maximum atomic E-state index is 3.79.